The minimum atomic E-state index is -1.17. The van der Waals surface area contributed by atoms with Crippen molar-refractivity contribution in [3.8, 4) is 11.1 Å². The number of nitrogens with one attached hydrogen (secondary N) is 2. The fourth-order valence-electron chi connectivity index (χ4n) is 5.22. The maximum atomic E-state index is 12.8. The Morgan fingerprint density at radius 3 is 2.37 bits per heavy atom. The van der Waals surface area contributed by atoms with Crippen LogP contribution in [0.1, 0.15) is 28.4 Å². The van der Waals surface area contributed by atoms with Gasteiger partial charge in [-0.1, -0.05) is 71.9 Å². The van der Waals surface area contributed by atoms with Crippen molar-refractivity contribution in [2.45, 2.75) is 24.9 Å². The monoisotopic (exact) mass is 508 g/mol. The molecule has 1 amide bonds. The van der Waals surface area contributed by atoms with Gasteiger partial charge in [0.1, 0.15) is 12.6 Å². The summed E-state index contributed by atoms with van der Waals surface area (Å²) in [5.41, 5.74) is 6.10. The molecule has 0 aliphatic heterocycles. The predicted octanol–water partition coefficient (Wildman–Crippen LogP) is 3.74. The average Bonchev–Trinajstić information content (AvgIpc) is 3.65. The maximum absolute atomic E-state index is 12.8. The summed E-state index contributed by atoms with van der Waals surface area (Å²) < 4.78 is 7.51. The van der Waals surface area contributed by atoms with Crippen molar-refractivity contribution in [2.24, 2.45) is 0 Å². The number of benzene rings is 3. The summed E-state index contributed by atoms with van der Waals surface area (Å²) >= 11 is 0. The Labute approximate surface area is 217 Å². The van der Waals surface area contributed by atoms with Gasteiger partial charge in [-0.2, -0.15) is 5.21 Å². The van der Waals surface area contributed by atoms with Gasteiger partial charge in [0, 0.05) is 29.4 Å². The second-order valence-corrected chi connectivity index (χ2v) is 9.19. The summed E-state index contributed by atoms with van der Waals surface area (Å²) in [5.74, 6) is -0.753. The van der Waals surface area contributed by atoms with Crippen LogP contribution < -0.4 is 5.32 Å². The number of aliphatic carboxylic acids is 1. The van der Waals surface area contributed by atoms with Gasteiger partial charge >= 0.3 is 12.1 Å². The van der Waals surface area contributed by atoms with Gasteiger partial charge in [0.25, 0.3) is 0 Å². The number of alkyl carbamates (subject to hydrolysis) is 1. The zero-order chi connectivity index (χ0) is 26.1. The lowest BCUT2D eigenvalue weighted by Crippen LogP contribution is -2.42. The van der Waals surface area contributed by atoms with E-state index in [1.165, 1.54) is 0 Å². The van der Waals surface area contributed by atoms with Gasteiger partial charge in [0.15, 0.2) is 5.82 Å². The van der Waals surface area contributed by atoms with Gasteiger partial charge in [0.2, 0.25) is 0 Å². The van der Waals surface area contributed by atoms with E-state index in [1.807, 2.05) is 71.4 Å². The second kappa shape index (κ2) is 9.81. The van der Waals surface area contributed by atoms with E-state index in [2.05, 4.69) is 38.1 Å². The minimum absolute atomic E-state index is 0.0826. The molecular weight excluding hydrogens is 484 g/mol. The number of rotatable bonds is 8. The van der Waals surface area contributed by atoms with E-state index < -0.39 is 18.1 Å². The number of amides is 1. The van der Waals surface area contributed by atoms with Crippen LogP contribution in [0.2, 0.25) is 0 Å². The van der Waals surface area contributed by atoms with Crippen LogP contribution in [0.4, 0.5) is 4.79 Å². The molecule has 1 aliphatic carbocycles. The van der Waals surface area contributed by atoms with Crippen molar-refractivity contribution in [3.05, 3.63) is 102 Å². The standard InChI is InChI=1S/C28H24N6O4/c35-27(36)24(13-17-14-34(15-26-30-32-33-31-26)25-12-6-5-7-18(17)25)29-28(37)38-16-23-21-10-3-1-8-19(21)20-9-2-4-11-22(20)23/h1-12,14,23-24H,13,15-16H2,(H,29,37)(H,35,36)(H,30,31,32,33). The number of nitrogens with zero attached hydrogens (tertiary/aromatic N) is 4. The fourth-order valence-corrected chi connectivity index (χ4v) is 5.22. The highest BCUT2D eigenvalue weighted by Crippen LogP contribution is 2.44. The molecule has 0 saturated heterocycles. The molecule has 5 aromatic rings. The number of carbonyl (C=O) groups excluding carboxylic acids is 1. The highest BCUT2D eigenvalue weighted by atomic mass is 16.5. The van der Waals surface area contributed by atoms with Crippen molar-refractivity contribution >= 4 is 23.0 Å². The molecule has 3 aromatic carbocycles. The summed E-state index contributed by atoms with van der Waals surface area (Å²) in [7, 11) is 0. The molecule has 0 radical (unpaired) electrons. The molecule has 6 rings (SSSR count). The molecule has 10 nitrogen and oxygen atoms in total. The zero-order valence-corrected chi connectivity index (χ0v) is 20.2. The Morgan fingerprint density at radius 2 is 1.68 bits per heavy atom. The Hall–Kier alpha value is -4.99. The first-order chi connectivity index (χ1) is 18.6. The first kappa shape index (κ1) is 23.4. The minimum Gasteiger partial charge on any atom is -0.480 e. The van der Waals surface area contributed by atoms with Gasteiger partial charge in [-0.05, 0) is 33.9 Å². The number of fused-ring (bicyclic) bond motifs is 4. The van der Waals surface area contributed by atoms with E-state index in [9.17, 15) is 14.7 Å². The van der Waals surface area contributed by atoms with E-state index in [0.717, 1.165) is 38.7 Å². The number of para-hydroxylation sites is 1. The van der Waals surface area contributed by atoms with Crippen LogP contribution in [0.5, 0.6) is 0 Å². The summed E-state index contributed by atoms with van der Waals surface area (Å²) in [5, 5.41) is 27.4. The molecule has 190 valence electrons. The summed E-state index contributed by atoms with van der Waals surface area (Å²) in [4.78, 5) is 24.9. The lowest BCUT2D eigenvalue weighted by molar-refractivity contribution is -0.139. The third-order valence-electron chi connectivity index (χ3n) is 6.93. The van der Waals surface area contributed by atoms with Crippen LogP contribution in [-0.4, -0.2) is 55.0 Å². The van der Waals surface area contributed by atoms with Crippen LogP contribution in [0.25, 0.3) is 22.0 Å². The number of carbonyl (C=O) groups is 2. The lowest BCUT2D eigenvalue weighted by Gasteiger charge is -2.17. The largest absolute Gasteiger partial charge is 0.480 e. The second-order valence-electron chi connectivity index (χ2n) is 9.19. The SMILES string of the molecule is O=C(NC(Cc1cn(Cc2nn[nH]n2)c2ccccc12)C(=O)O)OCC1c2ccccc2-c2ccccc21. The molecule has 2 aromatic heterocycles. The van der Waals surface area contributed by atoms with E-state index >= 15 is 0 Å². The van der Waals surface area contributed by atoms with Gasteiger partial charge in [-0.3, -0.25) is 0 Å². The molecule has 0 bridgehead atoms. The van der Waals surface area contributed by atoms with Crippen molar-refractivity contribution in [1.29, 1.82) is 0 Å². The van der Waals surface area contributed by atoms with Gasteiger partial charge < -0.3 is 19.7 Å². The quantitative estimate of drug-likeness (QED) is 0.291. The molecule has 0 fully saturated rings. The summed E-state index contributed by atoms with van der Waals surface area (Å²) in [6.07, 6.45) is 1.17. The molecule has 1 unspecified atom stereocenters. The molecule has 1 aliphatic rings. The van der Waals surface area contributed by atoms with Crippen LogP contribution in [0, 0.1) is 0 Å². The number of aromatic nitrogens is 5. The normalized spacial score (nSPS) is 13.2. The van der Waals surface area contributed by atoms with Crippen LogP contribution in [0.15, 0.2) is 79.0 Å². The Balaban J connectivity index is 1.17. The Kier molecular flexibility index (Phi) is 6.04. The topological polar surface area (TPSA) is 135 Å². The molecule has 10 heteroatoms. The first-order valence-electron chi connectivity index (χ1n) is 12.2. The average molecular weight is 509 g/mol. The third kappa shape index (κ3) is 4.36. The Bertz CT molecular complexity index is 1580. The molecule has 0 spiro atoms. The van der Waals surface area contributed by atoms with Gasteiger partial charge in [-0.15, -0.1) is 10.2 Å². The van der Waals surface area contributed by atoms with Gasteiger partial charge in [-0.25, -0.2) is 9.59 Å². The van der Waals surface area contributed by atoms with Crippen molar-refractivity contribution < 1.29 is 19.4 Å². The van der Waals surface area contributed by atoms with Crippen LogP contribution in [-0.2, 0) is 22.5 Å². The highest BCUT2D eigenvalue weighted by molar-refractivity contribution is 5.86. The molecule has 3 N–H and O–H groups in total. The molecule has 1 atom stereocenters. The number of carboxylic acid groups (broad SMARTS) is 1. The zero-order valence-electron chi connectivity index (χ0n) is 20.2. The van der Waals surface area contributed by atoms with Crippen molar-refractivity contribution in [3.63, 3.8) is 0 Å². The number of aromatic amines is 1. The molecular formula is C28H24N6O4. The van der Waals surface area contributed by atoms with E-state index in [4.69, 9.17) is 4.74 Å². The van der Waals surface area contributed by atoms with Crippen molar-refractivity contribution in [2.75, 3.05) is 6.61 Å². The number of hydrogen-bond donors (Lipinski definition) is 3. The number of ether oxygens (including phenoxy) is 1. The fraction of sp³-hybridized carbons (Fsp3) is 0.179. The van der Waals surface area contributed by atoms with E-state index in [1.54, 1.807) is 0 Å². The number of carboxylic acids is 1. The van der Waals surface area contributed by atoms with Crippen molar-refractivity contribution in [1.82, 2.24) is 30.5 Å². The van der Waals surface area contributed by atoms with Crippen LogP contribution in [0.3, 0.4) is 0 Å². The van der Waals surface area contributed by atoms with E-state index in [-0.39, 0.29) is 18.9 Å². The molecule has 0 saturated carbocycles. The number of hydrogen-bond acceptors (Lipinski definition) is 6. The number of H-pyrrole nitrogens is 1. The summed E-state index contributed by atoms with van der Waals surface area (Å²) in [6.45, 7) is 0.477. The summed E-state index contributed by atoms with van der Waals surface area (Å²) in [6, 6.07) is 22.6. The molecule has 2 heterocycles. The Morgan fingerprint density at radius 1 is 1.00 bits per heavy atom. The highest BCUT2D eigenvalue weighted by Gasteiger charge is 2.30. The molecule has 38 heavy (non-hydrogen) atoms. The maximum Gasteiger partial charge on any atom is 0.407 e. The first-order valence-corrected chi connectivity index (χ1v) is 12.2. The van der Waals surface area contributed by atoms with Gasteiger partial charge in [0.05, 0.1) is 6.54 Å². The third-order valence-corrected chi connectivity index (χ3v) is 6.93. The lowest BCUT2D eigenvalue weighted by atomic mass is 9.98. The van der Waals surface area contributed by atoms with Crippen LogP contribution >= 0.6 is 0 Å². The predicted molar refractivity (Wildman–Crippen MR) is 139 cm³/mol. The number of tetrazole rings is 1. The van der Waals surface area contributed by atoms with E-state index in [0.29, 0.717) is 12.4 Å². The smallest absolute Gasteiger partial charge is 0.407 e.